The lowest BCUT2D eigenvalue weighted by molar-refractivity contribution is 0.0538. The molecule has 2 rings (SSSR count). The van der Waals surface area contributed by atoms with E-state index in [4.69, 9.17) is 22.1 Å². The van der Waals surface area contributed by atoms with Gasteiger partial charge >= 0.3 is 0 Å². The van der Waals surface area contributed by atoms with Crippen molar-refractivity contribution >= 4 is 22.9 Å². The lowest BCUT2D eigenvalue weighted by atomic mass is 10.0. The van der Waals surface area contributed by atoms with Crippen LogP contribution in [-0.2, 0) is 4.74 Å². The van der Waals surface area contributed by atoms with Crippen LogP contribution >= 0.6 is 22.9 Å². The number of halogens is 1. The Morgan fingerprint density at radius 2 is 2.30 bits per heavy atom. The van der Waals surface area contributed by atoms with Gasteiger partial charge in [-0.1, -0.05) is 25.4 Å². The van der Waals surface area contributed by atoms with Crippen LogP contribution in [0.2, 0.25) is 4.34 Å². The maximum Gasteiger partial charge on any atom is 0.0931 e. The van der Waals surface area contributed by atoms with Crippen molar-refractivity contribution in [3.63, 3.8) is 0 Å². The van der Waals surface area contributed by atoms with Crippen LogP contribution in [0.5, 0.6) is 0 Å². The van der Waals surface area contributed by atoms with Crippen molar-refractivity contribution in [1.29, 1.82) is 0 Å². The zero-order valence-corrected chi connectivity index (χ0v) is 13.9. The summed E-state index contributed by atoms with van der Waals surface area (Å²) in [5.41, 5.74) is 6.39. The smallest absolute Gasteiger partial charge is 0.0931 e. The quantitative estimate of drug-likeness (QED) is 0.834. The van der Waals surface area contributed by atoms with E-state index in [1.165, 1.54) is 11.3 Å². The molecule has 1 aromatic rings. The van der Waals surface area contributed by atoms with Gasteiger partial charge in [0, 0.05) is 24.1 Å². The molecule has 1 fully saturated rings. The number of hydrogen-bond donors (Lipinski definition) is 1. The normalized spacial score (nSPS) is 22.4. The third-order valence-electron chi connectivity index (χ3n) is 4.02. The van der Waals surface area contributed by atoms with E-state index < -0.39 is 0 Å². The molecule has 0 saturated carbocycles. The van der Waals surface area contributed by atoms with E-state index >= 15 is 0 Å². The molecule has 114 valence electrons. The SMILES string of the molecule is CCC(N)C(c1ccc(Cl)s1)N(CC)CC1CCCO1. The lowest BCUT2D eigenvalue weighted by Crippen LogP contribution is -2.43. The van der Waals surface area contributed by atoms with Crippen LogP contribution in [0.15, 0.2) is 12.1 Å². The van der Waals surface area contributed by atoms with Gasteiger partial charge in [0.1, 0.15) is 0 Å². The third kappa shape index (κ3) is 3.95. The van der Waals surface area contributed by atoms with Crippen molar-refractivity contribution in [3.8, 4) is 0 Å². The summed E-state index contributed by atoms with van der Waals surface area (Å²) < 4.78 is 6.62. The Balaban J connectivity index is 2.14. The molecule has 1 aromatic heterocycles. The highest BCUT2D eigenvalue weighted by Crippen LogP contribution is 2.33. The summed E-state index contributed by atoms with van der Waals surface area (Å²) in [6.07, 6.45) is 3.66. The van der Waals surface area contributed by atoms with Gasteiger partial charge in [-0.3, -0.25) is 4.90 Å². The number of likely N-dealkylation sites (N-methyl/N-ethyl adjacent to an activating group) is 1. The zero-order valence-electron chi connectivity index (χ0n) is 12.3. The first-order valence-corrected chi connectivity index (χ1v) is 8.71. The number of thiophene rings is 1. The van der Waals surface area contributed by atoms with Crippen molar-refractivity contribution in [1.82, 2.24) is 4.90 Å². The van der Waals surface area contributed by atoms with E-state index in [-0.39, 0.29) is 12.1 Å². The second kappa shape index (κ2) is 7.76. The number of nitrogens with two attached hydrogens (primary N) is 1. The summed E-state index contributed by atoms with van der Waals surface area (Å²) in [5, 5.41) is 0. The largest absolute Gasteiger partial charge is 0.377 e. The second-order valence-corrected chi connectivity index (χ2v) is 7.13. The van der Waals surface area contributed by atoms with E-state index in [0.717, 1.165) is 36.9 Å². The molecule has 1 saturated heterocycles. The third-order valence-corrected chi connectivity index (χ3v) is 5.33. The summed E-state index contributed by atoms with van der Waals surface area (Å²) in [5.74, 6) is 0. The first-order chi connectivity index (χ1) is 9.65. The van der Waals surface area contributed by atoms with Crippen LogP contribution in [0.25, 0.3) is 0 Å². The molecule has 2 N–H and O–H groups in total. The standard InChI is InChI=1S/C15H25ClN2OS/c1-3-12(17)15(13-7-8-14(16)20-13)18(4-2)10-11-6-5-9-19-11/h7-8,11-12,15H,3-6,9-10,17H2,1-2H3. The van der Waals surface area contributed by atoms with Crippen molar-refractivity contribution < 1.29 is 4.74 Å². The predicted molar refractivity (Wildman–Crippen MR) is 86.6 cm³/mol. The molecule has 3 unspecified atom stereocenters. The highest BCUT2D eigenvalue weighted by Gasteiger charge is 2.29. The van der Waals surface area contributed by atoms with E-state index in [0.29, 0.717) is 6.10 Å². The number of rotatable bonds is 7. The van der Waals surface area contributed by atoms with E-state index in [1.807, 2.05) is 6.07 Å². The molecule has 2 heterocycles. The van der Waals surface area contributed by atoms with Gasteiger partial charge in [-0.15, -0.1) is 11.3 Å². The predicted octanol–water partition coefficient (Wildman–Crippen LogP) is 3.68. The molecule has 3 atom stereocenters. The van der Waals surface area contributed by atoms with Crippen molar-refractivity contribution in [3.05, 3.63) is 21.3 Å². The molecule has 1 aliphatic heterocycles. The monoisotopic (exact) mass is 316 g/mol. The minimum absolute atomic E-state index is 0.131. The lowest BCUT2D eigenvalue weighted by Gasteiger charge is -2.35. The molecule has 0 bridgehead atoms. The first kappa shape index (κ1) is 16.2. The Labute approximate surface area is 131 Å². The highest BCUT2D eigenvalue weighted by molar-refractivity contribution is 7.16. The van der Waals surface area contributed by atoms with Crippen LogP contribution in [0, 0.1) is 0 Å². The average molecular weight is 317 g/mol. The van der Waals surface area contributed by atoms with Gasteiger partial charge < -0.3 is 10.5 Å². The number of nitrogens with zero attached hydrogens (tertiary/aromatic N) is 1. The Bertz CT molecular complexity index is 406. The maximum atomic E-state index is 6.39. The molecule has 0 aromatic carbocycles. The summed E-state index contributed by atoms with van der Waals surface area (Å²) in [6, 6.07) is 4.46. The molecule has 0 radical (unpaired) electrons. The van der Waals surface area contributed by atoms with Crippen molar-refractivity contribution in [2.24, 2.45) is 5.73 Å². The number of hydrogen-bond acceptors (Lipinski definition) is 4. The summed E-state index contributed by atoms with van der Waals surface area (Å²) >= 11 is 7.75. The van der Waals surface area contributed by atoms with Crippen LogP contribution in [0.1, 0.15) is 44.0 Å². The molecule has 5 heteroatoms. The fraction of sp³-hybridized carbons (Fsp3) is 0.733. The van der Waals surface area contributed by atoms with Crippen molar-refractivity contribution in [2.75, 3.05) is 19.7 Å². The molecule has 20 heavy (non-hydrogen) atoms. The molecular formula is C15H25ClN2OS. The molecule has 0 amide bonds. The fourth-order valence-corrected chi connectivity index (χ4v) is 4.13. The minimum atomic E-state index is 0.131. The molecule has 3 nitrogen and oxygen atoms in total. The second-order valence-electron chi connectivity index (χ2n) is 5.38. The summed E-state index contributed by atoms with van der Waals surface area (Å²) in [6.45, 7) is 7.18. The van der Waals surface area contributed by atoms with Crippen LogP contribution in [0.3, 0.4) is 0 Å². The zero-order chi connectivity index (χ0) is 14.5. The van der Waals surface area contributed by atoms with Gasteiger partial charge in [0.2, 0.25) is 0 Å². The van der Waals surface area contributed by atoms with E-state index in [1.54, 1.807) is 11.3 Å². The Kier molecular flexibility index (Phi) is 6.30. The topological polar surface area (TPSA) is 38.5 Å². The van der Waals surface area contributed by atoms with Gasteiger partial charge in [-0.05, 0) is 37.9 Å². The Morgan fingerprint density at radius 3 is 2.80 bits per heavy atom. The van der Waals surface area contributed by atoms with Crippen LogP contribution < -0.4 is 5.73 Å². The van der Waals surface area contributed by atoms with Crippen LogP contribution in [-0.4, -0.2) is 36.7 Å². The molecule has 1 aliphatic rings. The van der Waals surface area contributed by atoms with Gasteiger partial charge in [-0.2, -0.15) is 0 Å². The summed E-state index contributed by atoms with van der Waals surface area (Å²) in [4.78, 5) is 3.72. The van der Waals surface area contributed by atoms with Gasteiger partial charge in [-0.25, -0.2) is 0 Å². The van der Waals surface area contributed by atoms with Crippen molar-refractivity contribution in [2.45, 2.75) is 51.3 Å². The Hall–Kier alpha value is -0.130. The highest BCUT2D eigenvalue weighted by atomic mass is 35.5. The number of ether oxygens (including phenoxy) is 1. The first-order valence-electron chi connectivity index (χ1n) is 7.52. The maximum absolute atomic E-state index is 6.39. The van der Waals surface area contributed by atoms with Crippen LogP contribution in [0.4, 0.5) is 0 Å². The Morgan fingerprint density at radius 1 is 1.50 bits per heavy atom. The van der Waals surface area contributed by atoms with Gasteiger partial charge in [0.25, 0.3) is 0 Å². The summed E-state index contributed by atoms with van der Waals surface area (Å²) in [7, 11) is 0. The molecule has 0 spiro atoms. The van der Waals surface area contributed by atoms with Gasteiger partial charge in [0.05, 0.1) is 16.5 Å². The van der Waals surface area contributed by atoms with Gasteiger partial charge in [0.15, 0.2) is 0 Å². The van der Waals surface area contributed by atoms with E-state index in [2.05, 4.69) is 24.8 Å². The fourth-order valence-electron chi connectivity index (χ4n) is 2.86. The molecule has 0 aliphatic carbocycles. The van der Waals surface area contributed by atoms with E-state index in [9.17, 15) is 0 Å². The molecular weight excluding hydrogens is 292 g/mol. The average Bonchev–Trinajstić information content (AvgIpc) is 3.09. The minimum Gasteiger partial charge on any atom is -0.377 e.